The van der Waals surface area contributed by atoms with Crippen molar-refractivity contribution in [2.75, 3.05) is 17.7 Å². The van der Waals surface area contributed by atoms with Crippen LogP contribution < -0.4 is 16.0 Å². The van der Waals surface area contributed by atoms with Crippen LogP contribution in [0, 0.1) is 17.7 Å². The van der Waals surface area contributed by atoms with Crippen molar-refractivity contribution in [3.63, 3.8) is 0 Å². The van der Waals surface area contributed by atoms with Gasteiger partial charge in [0.05, 0.1) is 23.1 Å². The summed E-state index contributed by atoms with van der Waals surface area (Å²) in [5.74, 6) is 0.282. The third kappa shape index (κ3) is 6.48. The molecule has 1 saturated carbocycles. The number of aliphatic hydroxyl groups excluding tert-OH is 1. The van der Waals surface area contributed by atoms with Gasteiger partial charge in [0.2, 0.25) is 18.2 Å². The number of benzene rings is 1. The van der Waals surface area contributed by atoms with Crippen LogP contribution in [0.2, 0.25) is 0 Å². The first-order valence-corrected chi connectivity index (χ1v) is 13.7. The van der Waals surface area contributed by atoms with Crippen LogP contribution in [-0.4, -0.2) is 45.4 Å². The SMILES string of the molecule is COC(O)Nc1ccc2c(c1)NC(=O)CCc1nc(ccc1F)CC(NC(=O)[C@H]1CC[C@H](C)CC1)c1nc-2c[nH]1. The molecule has 40 heavy (non-hydrogen) atoms. The monoisotopic (exact) mass is 550 g/mol. The summed E-state index contributed by atoms with van der Waals surface area (Å²) in [5, 5.41) is 18.7. The molecule has 1 fully saturated rings. The highest BCUT2D eigenvalue weighted by Crippen LogP contribution is 2.33. The molecule has 1 aliphatic carbocycles. The number of halogens is 1. The second-order valence-electron chi connectivity index (χ2n) is 10.7. The van der Waals surface area contributed by atoms with Gasteiger partial charge in [-0.25, -0.2) is 9.37 Å². The van der Waals surface area contributed by atoms with Crippen molar-refractivity contribution in [2.45, 2.75) is 64.3 Å². The minimum absolute atomic E-state index is 0.0112. The number of aromatic amines is 1. The summed E-state index contributed by atoms with van der Waals surface area (Å²) >= 11 is 0. The first-order valence-electron chi connectivity index (χ1n) is 13.7. The third-order valence-electron chi connectivity index (χ3n) is 7.69. The number of carbonyl (C=O) groups excluding carboxylic acids is 2. The van der Waals surface area contributed by atoms with Gasteiger partial charge >= 0.3 is 0 Å². The summed E-state index contributed by atoms with van der Waals surface area (Å²) in [7, 11) is 1.36. The van der Waals surface area contributed by atoms with E-state index in [1.54, 1.807) is 30.5 Å². The maximum absolute atomic E-state index is 14.6. The number of carbonyl (C=O) groups is 2. The van der Waals surface area contributed by atoms with Crippen molar-refractivity contribution < 1.29 is 23.8 Å². The quantitative estimate of drug-likeness (QED) is 0.302. The van der Waals surface area contributed by atoms with Crippen molar-refractivity contribution in [1.29, 1.82) is 0 Å². The largest absolute Gasteiger partial charge is 0.351 e. The molecule has 2 aromatic heterocycles. The van der Waals surface area contributed by atoms with Crippen LogP contribution in [0.4, 0.5) is 15.8 Å². The number of nitrogens with zero attached hydrogens (tertiary/aromatic N) is 2. The predicted molar refractivity (Wildman–Crippen MR) is 148 cm³/mol. The van der Waals surface area contributed by atoms with E-state index < -0.39 is 18.3 Å². The van der Waals surface area contributed by atoms with E-state index in [9.17, 15) is 19.1 Å². The zero-order valence-electron chi connectivity index (χ0n) is 22.7. The summed E-state index contributed by atoms with van der Waals surface area (Å²) in [6.07, 6.45) is 4.68. The van der Waals surface area contributed by atoms with Crippen molar-refractivity contribution in [3.05, 3.63) is 59.6 Å². The summed E-state index contributed by atoms with van der Waals surface area (Å²) in [5.41, 5.74) is 2.96. The van der Waals surface area contributed by atoms with Gasteiger partial charge in [-0.15, -0.1) is 0 Å². The number of hydrogen-bond donors (Lipinski definition) is 5. The molecule has 1 aromatic carbocycles. The maximum atomic E-state index is 14.6. The Bertz CT molecular complexity index is 1370. The minimum atomic E-state index is -1.23. The molecule has 2 aliphatic rings. The number of hydrogen-bond acceptors (Lipinski definition) is 7. The molecule has 5 N–H and O–H groups in total. The number of H-pyrrole nitrogens is 1. The van der Waals surface area contributed by atoms with E-state index in [1.165, 1.54) is 13.2 Å². The number of aryl methyl sites for hydroxylation is 1. The molecule has 0 radical (unpaired) electrons. The number of aliphatic hydroxyl groups is 1. The lowest BCUT2D eigenvalue weighted by Crippen LogP contribution is -2.37. The van der Waals surface area contributed by atoms with Gasteiger partial charge in [-0.05, 0) is 61.9 Å². The Hall–Kier alpha value is -3.83. The van der Waals surface area contributed by atoms with Crippen LogP contribution in [0.5, 0.6) is 0 Å². The Labute approximate surface area is 232 Å². The van der Waals surface area contributed by atoms with Crippen molar-refractivity contribution in [2.24, 2.45) is 11.8 Å². The highest BCUT2D eigenvalue weighted by atomic mass is 19.1. The molecule has 2 unspecified atom stereocenters. The topological polar surface area (TPSA) is 141 Å². The Kier molecular flexibility index (Phi) is 8.41. The predicted octanol–water partition coefficient (Wildman–Crippen LogP) is 4.06. The molecule has 10 nitrogen and oxygen atoms in total. The first-order chi connectivity index (χ1) is 19.3. The normalized spacial score (nSPS) is 21.9. The Morgan fingerprint density at radius 3 is 2.73 bits per heavy atom. The smallest absolute Gasteiger partial charge is 0.235 e. The summed E-state index contributed by atoms with van der Waals surface area (Å²) < 4.78 is 19.5. The number of nitrogens with one attached hydrogen (secondary N) is 4. The molecule has 2 amide bonds. The van der Waals surface area contributed by atoms with Crippen LogP contribution in [0.3, 0.4) is 0 Å². The summed E-state index contributed by atoms with van der Waals surface area (Å²) in [6.45, 7) is 2.22. The number of rotatable bonds is 5. The lowest BCUT2D eigenvalue weighted by atomic mass is 9.82. The average Bonchev–Trinajstić information content (AvgIpc) is 3.43. The van der Waals surface area contributed by atoms with E-state index in [0.717, 1.165) is 25.7 Å². The fourth-order valence-electron chi connectivity index (χ4n) is 5.32. The Morgan fingerprint density at radius 1 is 1.15 bits per heavy atom. The van der Waals surface area contributed by atoms with E-state index in [0.29, 0.717) is 46.5 Å². The standard InChI is InChI=1S/C29H35FN6O4/c1-16-3-5-17(6-4-16)28(38)36-24-14-18-8-10-21(30)22(32-18)11-12-26(37)34-23-13-19(33-29(39)40-2)7-9-20(23)25-15-31-27(24)35-25/h7-10,13,15-17,24,29,33,39H,3-6,11-12,14H2,1-2H3,(H,31,35)(H,34,37)(H,36,38)/t16-,17-,24?,29?. The van der Waals surface area contributed by atoms with E-state index in [1.807, 2.05) is 0 Å². The first kappa shape index (κ1) is 27.7. The van der Waals surface area contributed by atoms with Gasteiger partial charge < -0.3 is 30.8 Å². The fraction of sp³-hybridized carbons (Fsp3) is 0.448. The summed E-state index contributed by atoms with van der Waals surface area (Å²) in [6, 6.07) is 7.62. The molecule has 3 aromatic rings. The fourth-order valence-corrected chi connectivity index (χ4v) is 5.32. The van der Waals surface area contributed by atoms with E-state index >= 15 is 0 Å². The lowest BCUT2D eigenvalue weighted by Gasteiger charge is -2.27. The highest BCUT2D eigenvalue weighted by Gasteiger charge is 2.28. The lowest BCUT2D eigenvalue weighted by molar-refractivity contribution is -0.127. The zero-order chi connectivity index (χ0) is 28.2. The number of aromatic nitrogens is 3. The average molecular weight is 551 g/mol. The van der Waals surface area contributed by atoms with Crippen LogP contribution in [0.1, 0.15) is 62.3 Å². The number of imidazole rings is 1. The second-order valence-corrected chi connectivity index (χ2v) is 10.7. The Morgan fingerprint density at radius 2 is 1.95 bits per heavy atom. The van der Waals surface area contributed by atoms with Crippen molar-refractivity contribution in [1.82, 2.24) is 20.3 Å². The number of fused-ring (bicyclic) bond motifs is 6. The third-order valence-corrected chi connectivity index (χ3v) is 7.69. The van der Waals surface area contributed by atoms with Crippen LogP contribution in [0.25, 0.3) is 11.3 Å². The van der Waals surface area contributed by atoms with Gasteiger partial charge in [-0.3, -0.25) is 14.6 Å². The van der Waals surface area contributed by atoms with Gasteiger partial charge in [0.1, 0.15) is 11.6 Å². The van der Waals surface area contributed by atoms with E-state index in [4.69, 9.17) is 9.72 Å². The molecule has 0 spiro atoms. The number of anilines is 2. The molecule has 4 bridgehead atoms. The maximum Gasteiger partial charge on any atom is 0.235 e. The summed E-state index contributed by atoms with van der Waals surface area (Å²) in [4.78, 5) is 38.7. The van der Waals surface area contributed by atoms with Gasteiger partial charge in [0.15, 0.2) is 0 Å². The molecule has 2 atom stereocenters. The molecular weight excluding hydrogens is 515 g/mol. The number of pyridine rings is 1. The number of methoxy groups -OCH3 is 1. The molecule has 3 heterocycles. The van der Waals surface area contributed by atoms with Gasteiger partial charge in [0, 0.05) is 55.4 Å². The van der Waals surface area contributed by atoms with Crippen molar-refractivity contribution in [3.8, 4) is 11.3 Å². The molecule has 5 rings (SSSR count). The van der Waals surface area contributed by atoms with Crippen LogP contribution in [-0.2, 0) is 27.2 Å². The van der Waals surface area contributed by atoms with Gasteiger partial charge in [0.25, 0.3) is 0 Å². The molecule has 212 valence electrons. The van der Waals surface area contributed by atoms with Crippen LogP contribution >= 0.6 is 0 Å². The van der Waals surface area contributed by atoms with Crippen molar-refractivity contribution >= 4 is 23.2 Å². The minimum Gasteiger partial charge on any atom is -0.351 e. The Balaban J connectivity index is 1.51. The van der Waals surface area contributed by atoms with Crippen LogP contribution in [0.15, 0.2) is 36.5 Å². The molecule has 0 saturated heterocycles. The highest BCUT2D eigenvalue weighted by molar-refractivity contribution is 5.96. The number of amides is 2. The zero-order valence-corrected chi connectivity index (χ0v) is 22.7. The molecule has 11 heteroatoms. The van der Waals surface area contributed by atoms with E-state index in [-0.39, 0.29) is 36.3 Å². The van der Waals surface area contributed by atoms with E-state index in [2.05, 4.69) is 32.8 Å². The molecular formula is C29H35FN6O4. The van der Waals surface area contributed by atoms with Gasteiger partial charge in [-0.1, -0.05) is 6.92 Å². The molecule has 1 aliphatic heterocycles. The number of ether oxygens (including phenoxy) is 1. The second kappa shape index (κ2) is 12.1. The van der Waals surface area contributed by atoms with Gasteiger partial charge in [-0.2, -0.15) is 0 Å².